The second kappa shape index (κ2) is 11.8. The van der Waals surface area contributed by atoms with Gasteiger partial charge in [0.15, 0.2) is 0 Å². The van der Waals surface area contributed by atoms with Crippen LogP contribution in [-0.2, 0) is 29.8 Å². The fraction of sp³-hybridized carbons (Fsp3) is 0.385. The monoisotopic (exact) mass is 529 g/mol. The molecule has 1 atom stereocenters. The zero-order chi connectivity index (χ0) is 27.3. The number of dihydropyridines is 1. The lowest BCUT2D eigenvalue weighted by atomic mass is 9.86. The van der Waals surface area contributed by atoms with Crippen molar-refractivity contribution in [2.75, 3.05) is 0 Å². The molecule has 0 bridgehead atoms. The summed E-state index contributed by atoms with van der Waals surface area (Å²) in [6.07, 6.45) is 0.652. The van der Waals surface area contributed by atoms with E-state index >= 15 is 0 Å². The third-order valence-corrected chi connectivity index (χ3v) is 8.01. The molecule has 2 heterocycles. The van der Waals surface area contributed by atoms with Gasteiger partial charge in [0, 0.05) is 29.7 Å². The number of esters is 1. The van der Waals surface area contributed by atoms with E-state index in [4.69, 9.17) is 13.8 Å². The topological polar surface area (TPSA) is 130 Å². The molecule has 0 amide bonds. The fourth-order valence-corrected chi connectivity index (χ4v) is 6.60. The summed E-state index contributed by atoms with van der Waals surface area (Å²) in [5, 5.41) is 14.9. The lowest BCUT2D eigenvalue weighted by molar-refractivity contribution is -0.384. The number of non-ortho nitro benzene ring substituents is 1. The van der Waals surface area contributed by atoms with Crippen LogP contribution < -0.4 is 5.32 Å². The number of aromatic nitrogens is 1. The number of pyridine rings is 1. The number of nitrogens with one attached hydrogen (secondary N) is 1. The predicted molar refractivity (Wildman–Crippen MR) is 138 cm³/mol. The third kappa shape index (κ3) is 6.71. The minimum Gasteiger partial charge on any atom is -0.456 e. The number of benzene rings is 1. The van der Waals surface area contributed by atoms with Crippen LogP contribution in [0.4, 0.5) is 5.69 Å². The Morgan fingerprint density at radius 2 is 1.76 bits per heavy atom. The van der Waals surface area contributed by atoms with Gasteiger partial charge in [0.2, 0.25) is 0 Å². The molecule has 1 aromatic carbocycles. The van der Waals surface area contributed by atoms with Crippen molar-refractivity contribution in [2.45, 2.75) is 66.3 Å². The molecule has 198 valence electrons. The molecule has 0 saturated heterocycles. The van der Waals surface area contributed by atoms with Crippen LogP contribution in [0.3, 0.4) is 0 Å². The van der Waals surface area contributed by atoms with Gasteiger partial charge in [0.1, 0.15) is 6.61 Å². The quantitative estimate of drug-likeness (QED) is 0.171. The molecule has 10 nitrogen and oxygen atoms in total. The lowest BCUT2D eigenvalue weighted by Gasteiger charge is -2.35. The highest BCUT2D eigenvalue weighted by molar-refractivity contribution is 7.58. The van der Waals surface area contributed by atoms with Crippen LogP contribution in [0.25, 0.3) is 0 Å². The highest BCUT2D eigenvalue weighted by Gasteiger charge is 2.46. The van der Waals surface area contributed by atoms with Crippen molar-refractivity contribution in [1.29, 1.82) is 0 Å². The van der Waals surface area contributed by atoms with Crippen molar-refractivity contribution >= 4 is 19.3 Å². The van der Waals surface area contributed by atoms with E-state index in [0.29, 0.717) is 22.7 Å². The van der Waals surface area contributed by atoms with Crippen LogP contribution in [0.2, 0.25) is 0 Å². The van der Waals surface area contributed by atoms with Gasteiger partial charge in [-0.25, -0.2) is 4.79 Å². The summed E-state index contributed by atoms with van der Waals surface area (Å²) in [6, 6.07) is 11.1. The largest absolute Gasteiger partial charge is 0.456 e. The van der Waals surface area contributed by atoms with Gasteiger partial charge in [-0.3, -0.25) is 19.7 Å². The molecule has 0 spiro atoms. The highest BCUT2D eigenvalue weighted by atomic mass is 31.2. The smallest absolute Gasteiger partial charge is 0.360 e. The minimum absolute atomic E-state index is 0.0845. The van der Waals surface area contributed by atoms with Crippen LogP contribution in [0.15, 0.2) is 70.9 Å². The molecule has 0 radical (unpaired) electrons. The number of carbonyl (C=O) groups is 1. The summed E-state index contributed by atoms with van der Waals surface area (Å²) in [4.78, 5) is 28.8. The predicted octanol–water partition coefficient (Wildman–Crippen LogP) is 5.97. The van der Waals surface area contributed by atoms with Gasteiger partial charge < -0.3 is 19.1 Å². The van der Waals surface area contributed by atoms with Crippen LogP contribution in [-0.4, -0.2) is 28.1 Å². The maximum atomic E-state index is 14.4. The van der Waals surface area contributed by atoms with Gasteiger partial charge in [-0.2, -0.15) is 0 Å². The minimum atomic E-state index is -4.01. The SMILES string of the molecule is CC1=C(C(=O)OCc2ccccn2)C(c2cccc([N+](=O)[O-])c2)C(P(=O)(OC(C)C)OC(C)C)=C(C)N1. The second-order valence-electron chi connectivity index (χ2n) is 9.16. The molecule has 0 fully saturated rings. The molecule has 2 aromatic rings. The summed E-state index contributed by atoms with van der Waals surface area (Å²) in [7, 11) is -4.01. The molecule has 1 N–H and O–H groups in total. The van der Waals surface area contributed by atoms with Gasteiger partial charge in [-0.1, -0.05) is 18.2 Å². The van der Waals surface area contributed by atoms with Gasteiger partial charge in [0.05, 0.1) is 39.6 Å². The first-order valence-electron chi connectivity index (χ1n) is 11.9. The zero-order valence-corrected chi connectivity index (χ0v) is 22.7. The number of ether oxygens (including phenoxy) is 1. The van der Waals surface area contributed by atoms with E-state index in [-0.39, 0.29) is 23.2 Å². The Morgan fingerprint density at radius 1 is 1.08 bits per heavy atom. The Kier molecular flexibility index (Phi) is 9.02. The number of rotatable bonds is 10. The van der Waals surface area contributed by atoms with Gasteiger partial charge in [-0.05, 0) is 59.2 Å². The van der Waals surface area contributed by atoms with Gasteiger partial charge >= 0.3 is 13.6 Å². The van der Waals surface area contributed by atoms with Crippen LogP contribution in [0.5, 0.6) is 0 Å². The molecule has 1 unspecified atom stereocenters. The average Bonchev–Trinajstić information content (AvgIpc) is 2.81. The van der Waals surface area contributed by atoms with Crippen molar-refractivity contribution < 1.29 is 28.1 Å². The Bertz CT molecular complexity index is 1260. The van der Waals surface area contributed by atoms with E-state index in [2.05, 4.69) is 10.3 Å². The van der Waals surface area contributed by atoms with E-state index < -0.39 is 36.6 Å². The number of hydrogen-bond acceptors (Lipinski definition) is 9. The number of nitro groups is 1. The summed E-state index contributed by atoms with van der Waals surface area (Å²) in [5.74, 6) is -1.67. The number of allylic oxidation sites excluding steroid dienone is 3. The first-order valence-corrected chi connectivity index (χ1v) is 13.4. The number of carbonyl (C=O) groups excluding carboxylic acids is 1. The zero-order valence-electron chi connectivity index (χ0n) is 21.8. The Morgan fingerprint density at radius 3 is 2.32 bits per heavy atom. The first-order chi connectivity index (χ1) is 17.4. The van der Waals surface area contributed by atoms with Crippen LogP contribution in [0.1, 0.15) is 58.7 Å². The lowest BCUT2D eigenvalue weighted by Crippen LogP contribution is -2.30. The molecular weight excluding hydrogens is 497 g/mol. The second-order valence-corrected chi connectivity index (χ2v) is 11.1. The van der Waals surface area contributed by atoms with Crippen molar-refractivity contribution in [1.82, 2.24) is 10.3 Å². The molecule has 0 saturated carbocycles. The molecule has 3 rings (SSSR count). The van der Waals surface area contributed by atoms with E-state index in [1.807, 2.05) is 0 Å². The van der Waals surface area contributed by atoms with Crippen molar-refractivity contribution in [3.8, 4) is 0 Å². The normalized spacial score (nSPS) is 16.3. The molecule has 11 heteroatoms. The van der Waals surface area contributed by atoms with Crippen molar-refractivity contribution in [3.05, 3.63) is 92.3 Å². The number of hydrogen-bond donors (Lipinski definition) is 1. The summed E-state index contributed by atoms with van der Waals surface area (Å²) in [6.45, 7) is 10.2. The molecular formula is C26H32N3O7P. The van der Waals surface area contributed by atoms with E-state index in [1.54, 1.807) is 72.0 Å². The molecule has 1 aliphatic rings. The van der Waals surface area contributed by atoms with Crippen molar-refractivity contribution in [2.24, 2.45) is 0 Å². The van der Waals surface area contributed by atoms with E-state index in [9.17, 15) is 19.5 Å². The van der Waals surface area contributed by atoms with Gasteiger partial charge in [-0.15, -0.1) is 0 Å². The van der Waals surface area contributed by atoms with Crippen molar-refractivity contribution in [3.63, 3.8) is 0 Å². The third-order valence-electron chi connectivity index (χ3n) is 5.43. The number of nitrogens with zero attached hydrogens (tertiary/aromatic N) is 2. The van der Waals surface area contributed by atoms with E-state index in [1.165, 1.54) is 18.2 Å². The summed E-state index contributed by atoms with van der Waals surface area (Å²) >= 11 is 0. The molecule has 1 aliphatic heterocycles. The van der Waals surface area contributed by atoms with Gasteiger partial charge in [0.25, 0.3) is 5.69 Å². The van der Waals surface area contributed by atoms with E-state index in [0.717, 1.165) is 0 Å². The Balaban J connectivity index is 2.18. The summed E-state index contributed by atoms with van der Waals surface area (Å²) < 4.78 is 31.8. The van der Waals surface area contributed by atoms with Crippen LogP contribution >= 0.6 is 7.60 Å². The maximum Gasteiger partial charge on any atom is 0.360 e. The highest BCUT2D eigenvalue weighted by Crippen LogP contribution is 2.65. The molecule has 1 aromatic heterocycles. The first kappa shape index (κ1) is 28.2. The fourth-order valence-electron chi connectivity index (χ4n) is 4.15. The average molecular weight is 530 g/mol. The Hall–Kier alpha value is -3.33. The molecule has 0 aliphatic carbocycles. The maximum absolute atomic E-state index is 14.4. The standard InChI is InChI=1S/C26H32N3O7P/c1-16(2)35-37(33,36-17(3)4)25-19(6)28-18(5)23(26(30)34-15-21-11-7-8-13-27-21)24(25)20-10-9-12-22(14-20)29(31)32/h7-14,16-17,24,28H,15H2,1-6H3. The number of nitro benzene ring substituents is 1. The summed E-state index contributed by atoms with van der Waals surface area (Å²) in [5.41, 5.74) is 1.85. The molecule has 37 heavy (non-hydrogen) atoms. The van der Waals surface area contributed by atoms with Crippen LogP contribution in [0, 0.1) is 10.1 Å². The Labute approximate surface area is 216 Å².